The lowest BCUT2D eigenvalue weighted by molar-refractivity contribution is -0.133. The zero-order chi connectivity index (χ0) is 20.8. The summed E-state index contributed by atoms with van der Waals surface area (Å²) in [6.07, 6.45) is 0.714. The summed E-state index contributed by atoms with van der Waals surface area (Å²) in [6, 6.07) is 8.58. The summed E-state index contributed by atoms with van der Waals surface area (Å²) in [5.74, 6) is -1.45. The number of carbonyl (C=O) groups is 2. The van der Waals surface area contributed by atoms with Crippen molar-refractivity contribution >= 4 is 21.8 Å². The topological polar surface area (TPSA) is 114 Å². The predicted molar refractivity (Wildman–Crippen MR) is 99.8 cm³/mol. The van der Waals surface area contributed by atoms with Crippen LogP contribution in [0.2, 0.25) is 0 Å². The number of furan rings is 1. The van der Waals surface area contributed by atoms with Crippen molar-refractivity contribution in [2.75, 3.05) is 26.2 Å². The number of primary amides is 1. The van der Waals surface area contributed by atoms with Crippen molar-refractivity contribution in [1.29, 1.82) is 0 Å². The molecule has 2 heterocycles. The van der Waals surface area contributed by atoms with Crippen LogP contribution in [0, 0.1) is 11.7 Å². The number of halogens is 1. The van der Waals surface area contributed by atoms with Gasteiger partial charge in [-0.15, -0.1) is 0 Å². The number of carbonyl (C=O) groups excluding carboxylic acids is 2. The number of sulfonamides is 1. The van der Waals surface area contributed by atoms with E-state index in [0.29, 0.717) is 6.42 Å². The van der Waals surface area contributed by atoms with E-state index in [4.69, 9.17) is 10.2 Å². The van der Waals surface area contributed by atoms with E-state index in [2.05, 4.69) is 0 Å². The Balaban J connectivity index is 1.36. The number of hydrogen-bond donors (Lipinski definition) is 1. The first kappa shape index (κ1) is 19.6. The normalized spacial score (nSPS) is 22.4. The fraction of sp³-hybridized carbons (Fsp3) is 0.368. The second kappa shape index (κ2) is 7.27. The molecule has 1 aliphatic carbocycles. The molecule has 2 unspecified atom stereocenters. The molecule has 0 bridgehead atoms. The maximum Gasteiger partial charge on any atom is 0.284 e. The van der Waals surface area contributed by atoms with E-state index in [1.54, 1.807) is 17.0 Å². The van der Waals surface area contributed by atoms with E-state index in [9.17, 15) is 22.4 Å². The Labute approximate surface area is 167 Å². The molecule has 0 spiro atoms. The van der Waals surface area contributed by atoms with Crippen molar-refractivity contribution in [3.05, 3.63) is 53.5 Å². The third kappa shape index (κ3) is 3.77. The van der Waals surface area contributed by atoms with Crippen LogP contribution in [0.25, 0.3) is 0 Å². The molecule has 1 aromatic heterocycles. The van der Waals surface area contributed by atoms with Crippen molar-refractivity contribution in [3.63, 3.8) is 0 Å². The van der Waals surface area contributed by atoms with Gasteiger partial charge in [0.05, 0.1) is 0 Å². The first-order chi connectivity index (χ1) is 13.8. The lowest BCUT2D eigenvalue weighted by Gasteiger charge is -2.33. The predicted octanol–water partition coefficient (Wildman–Crippen LogP) is 1.15. The van der Waals surface area contributed by atoms with Crippen LogP contribution < -0.4 is 5.73 Å². The van der Waals surface area contributed by atoms with E-state index in [1.165, 1.54) is 28.6 Å². The molecule has 2 aromatic rings. The first-order valence-corrected chi connectivity index (χ1v) is 10.7. The highest BCUT2D eigenvalue weighted by Gasteiger charge is 2.46. The third-order valence-electron chi connectivity index (χ3n) is 5.37. The molecule has 2 atom stereocenters. The molecule has 2 amide bonds. The van der Waals surface area contributed by atoms with Gasteiger partial charge in [-0.3, -0.25) is 9.59 Å². The number of nitrogens with zero attached hydrogens (tertiary/aromatic N) is 2. The fourth-order valence-electron chi connectivity index (χ4n) is 3.65. The van der Waals surface area contributed by atoms with Crippen LogP contribution in [0.4, 0.5) is 4.39 Å². The van der Waals surface area contributed by atoms with Crippen LogP contribution in [-0.4, -0.2) is 55.6 Å². The first-order valence-electron chi connectivity index (χ1n) is 9.21. The van der Waals surface area contributed by atoms with Crippen molar-refractivity contribution in [3.8, 4) is 0 Å². The number of rotatable bonds is 5. The van der Waals surface area contributed by atoms with Gasteiger partial charge in [-0.2, -0.15) is 4.31 Å². The van der Waals surface area contributed by atoms with Crippen molar-refractivity contribution in [2.24, 2.45) is 11.7 Å². The van der Waals surface area contributed by atoms with Gasteiger partial charge in [0.1, 0.15) is 5.82 Å². The highest BCUT2D eigenvalue weighted by Crippen LogP contribution is 2.48. The number of amides is 2. The zero-order valence-electron chi connectivity index (χ0n) is 15.5. The minimum atomic E-state index is -3.90. The quantitative estimate of drug-likeness (QED) is 0.778. The summed E-state index contributed by atoms with van der Waals surface area (Å²) in [5, 5.41) is -0.343. The summed E-state index contributed by atoms with van der Waals surface area (Å²) in [4.78, 5) is 25.5. The molecule has 29 heavy (non-hydrogen) atoms. The third-order valence-corrected chi connectivity index (χ3v) is 7.15. The van der Waals surface area contributed by atoms with Gasteiger partial charge < -0.3 is 15.1 Å². The largest absolute Gasteiger partial charge is 0.438 e. The zero-order valence-corrected chi connectivity index (χ0v) is 16.3. The van der Waals surface area contributed by atoms with Gasteiger partial charge in [0.2, 0.25) is 11.0 Å². The highest BCUT2D eigenvalue weighted by molar-refractivity contribution is 7.89. The molecular formula is C19H20FN3O5S. The fourth-order valence-corrected chi connectivity index (χ4v) is 4.98. The summed E-state index contributed by atoms with van der Waals surface area (Å²) < 4.78 is 44.6. The summed E-state index contributed by atoms with van der Waals surface area (Å²) in [6.45, 7) is 0.811. The van der Waals surface area contributed by atoms with E-state index < -0.39 is 15.9 Å². The standard InChI is InChI=1S/C19H20FN3O5S/c20-13-3-1-12(2-4-13)14-11-15(14)19(25)22-7-9-23(10-8-22)29(26,27)17-6-5-16(28-17)18(21)24/h1-6,14-15H,7-11H2,(H2,21,24). The van der Waals surface area contributed by atoms with Gasteiger partial charge in [-0.05, 0) is 42.2 Å². The summed E-state index contributed by atoms with van der Waals surface area (Å²) in [5.41, 5.74) is 6.03. The molecule has 10 heteroatoms. The maximum atomic E-state index is 13.1. The Morgan fingerprint density at radius 2 is 1.69 bits per heavy atom. The second-order valence-electron chi connectivity index (χ2n) is 7.21. The van der Waals surface area contributed by atoms with Crippen LogP contribution in [0.5, 0.6) is 0 Å². The molecule has 1 aromatic carbocycles. The maximum absolute atomic E-state index is 13.1. The van der Waals surface area contributed by atoms with Crippen molar-refractivity contribution in [1.82, 2.24) is 9.21 Å². The minimum absolute atomic E-state index is 0.00890. The molecule has 2 N–H and O–H groups in total. The van der Waals surface area contributed by atoms with E-state index in [-0.39, 0.29) is 60.6 Å². The number of nitrogens with two attached hydrogens (primary N) is 1. The lowest BCUT2D eigenvalue weighted by Crippen LogP contribution is -2.50. The Bertz CT molecular complexity index is 1040. The number of benzene rings is 1. The summed E-state index contributed by atoms with van der Waals surface area (Å²) in [7, 11) is -3.90. The monoisotopic (exact) mass is 421 g/mol. The van der Waals surface area contributed by atoms with Gasteiger partial charge in [-0.1, -0.05) is 12.1 Å². The molecule has 1 aliphatic heterocycles. The van der Waals surface area contributed by atoms with Crippen molar-refractivity contribution in [2.45, 2.75) is 17.4 Å². The molecule has 8 nitrogen and oxygen atoms in total. The molecule has 4 rings (SSSR count). The van der Waals surface area contributed by atoms with Gasteiger partial charge in [-0.25, -0.2) is 12.8 Å². The van der Waals surface area contributed by atoms with Gasteiger partial charge in [0.15, 0.2) is 5.76 Å². The van der Waals surface area contributed by atoms with E-state index >= 15 is 0 Å². The smallest absolute Gasteiger partial charge is 0.284 e. The number of hydrogen-bond acceptors (Lipinski definition) is 5. The van der Waals surface area contributed by atoms with E-state index in [1.807, 2.05) is 0 Å². The van der Waals surface area contributed by atoms with Gasteiger partial charge in [0, 0.05) is 32.1 Å². The van der Waals surface area contributed by atoms with Gasteiger partial charge in [0.25, 0.3) is 15.9 Å². The molecule has 2 aliphatic rings. The van der Waals surface area contributed by atoms with Crippen LogP contribution in [-0.2, 0) is 14.8 Å². The molecule has 1 saturated heterocycles. The Hall–Kier alpha value is -2.72. The Morgan fingerprint density at radius 1 is 1.03 bits per heavy atom. The van der Waals surface area contributed by atoms with Crippen molar-refractivity contribution < 1.29 is 26.8 Å². The van der Waals surface area contributed by atoms with Gasteiger partial charge >= 0.3 is 0 Å². The average molecular weight is 421 g/mol. The highest BCUT2D eigenvalue weighted by atomic mass is 32.2. The van der Waals surface area contributed by atoms with Crippen LogP contribution in [0.3, 0.4) is 0 Å². The van der Waals surface area contributed by atoms with Crippen LogP contribution in [0.15, 0.2) is 45.9 Å². The summed E-state index contributed by atoms with van der Waals surface area (Å²) >= 11 is 0. The molecule has 154 valence electrons. The molecule has 0 radical (unpaired) electrons. The SMILES string of the molecule is NC(=O)c1ccc(S(=O)(=O)N2CCN(C(=O)C3CC3c3ccc(F)cc3)CC2)o1. The van der Waals surface area contributed by atoms with E-state index in [0.717, 1.165) is 5.56 Å². The Morgan fingerprint density at radius 3 is 2.28 bits per heavy atom. The molecule has 1 saturated carbocycles. The Kier molecular flexibility index (Phi) is 4.91. The second-order valence-corrected chi connectivity index (χ2v) is 9.08. The molecule has 2 fully saturated rings. The lowest BCUT2D eigenvalue weighted by atomic mass is 10.1. The van der Waals surface area contributed by atoms with Crippen LogP contribution in [0.1, 0.15) is 28.5 Å². The molecular weight excluding hydrogens is 401 g/mol. The van der Waals surface area contributed by atoms with Crippen LogP contribution >= 0.6 is 0 Å². The number of piperazine rings is 1. The average Bonchev–Trinajstić information content (AvgIpc) is 3.33. The minimum Gasteiger partial charge on any atom is -0.438 e.